The van der Waals surface area contributed by atoms with Gasteiger partial charge in [-0.2, -0.15) is 0 Å². The second-order valence-electron chi connectivity index (χ2n) is 12.4. The molecule has 6 rings (SSSR count). The van der Waals surface area contributed by atoms with Gasteiger partial charge in [-0.05, 0) is 64.1 Å². The number of nitrogens with zero attached hydrogens (tertiary/aromatic N) is 2. The summed E-state index contributed by atoms with van der Waals surface area (Å²) in [6.07, 6.45) is 1.02. The third-order valence-corrected chi connectivity index (χ3v) is 9.31. The van der Waals surface area contributed by atoms with E-state index in [1.165, 1.54) is 44.8 Å². The van der Waals surface area contributed by atoms with Crippen molar-refractivity contribution in [1.82, 2.24) is 0 Å². The molecule has 230 valence electrons. The minimum absolute atomic E-state index is 0.0928. The molecule has 0 saturated carbocycles. The van der Waals surface area contributed by atoms with Crippen molar-refractivity contribution < 1.29 is 0 Å². The molecular formula is C44H44N2. The number of rotatable bonds is 13. The van der Waals surface area contributed by atoms with E-state index in [1.54, 1.807) is 0 Å². The standard InChI is InChI=1S/C44H44N2/c1-3-44(2,40-24-28-42(29-25-40)45(32-36-16-8-4-9-17-36)33-37-18-10-5-11-19-37)41-26-30-43(31-27-41)46(34-38-20-12-6-13-21-38)35-39-22-14-7-15-23-39/h4-31H,3,32-35H2,1-2H3. The predicted octanol–water partition coefficient (Wildman–Crippen LogP) is 10.8. The lowest BCUT2D eigenvalue weighted by Crippen LogP contribution is -2.25. The van der Waals surface area contributed by atoms with Crippen LogP contribution in [0.15, 0.2) is 170 Å². The molecule has 6 aromatic carbocycles. The molecule has 2 nitrogen and oxygen atoms in total. The van der Waals surface area contributed by atoms with Crippen LogP contribution in [-0.2, 0) is 31.6 Å². The number of benzene rings is 6. The molecule has 0 spiro atoms. The zero-order valence-corrected chi connectivity index (χ0v) is 27.1. The first-order valence-corrected chi connectivity index (χ1v) is 16.5. The van der Waals surface area contributed by atoms with E-state index in [0.29, 0.717) is 0 Å². The van der Waals surface area contributed by atoms with Gasteiger partial charge in [0.05, 0.1) is 0 Å². The summed E-state index contributed by atoms with van der Waals surface area (Å²) in [5.41, 5.74) is 10.3. The van der Waals surface area contributed by atoms with Crippen LogP contribution < -0.4 is 9.80 Å². The minimum Gasteiger partial charge on any atom is -0.363 e. The van der Waals surface area contributed by atoms with Crippen LogP contribution in [0.1, 0.15) is 53.6 Å². The van der Waals surface area contributed by atoms with Gasteiger partial charge < -0.3 is 9.80 Å². The summed E-state index contributed by atoms with van der Waals surface area (Å²) in [4.78, 5) is 4.95. The molecule has 6 aromatic rings. The van der Waals surface area contributed by atoms with Crippen molar-refractivity contribution in [3.05, 3.63) is 203 Å². The first-order valence-electron chi connectivity index (χ1n) is 16.5. The van der Waals surface area contributed by atoms with Gasteiger partial charge in [-0.25, -0.2) is 0 Å². The van der Waals surface area contributed by atoms with Gasteiger partial charge in [-0.15, -0.1) is 0 Å². The fourth-order valence-corrected chi connectivity index (χ4v) is 6.35. The number of hydrogen-bond donors (Lipinski definition) is 0. The van der Waals surface area contributed by atoms with E-state index in [2.05, 4.69) is 194 Å². The topological polar surface area (TPSA) is 6.48 Å². The maximum absolute atomic E-state index is 2.47. The van der Waals surface area contributed by atoms with Crippen molar-refractivity contribution in [2.24, 2.45) is 0 Å². The largest absolute Gasteiger partial charge is 0.363 e. The Morgan fingerprint density at radius 1 is 0.370 bits per heavy atom. The molecule has 0 aliphatic heterocycles. The molecule has 0 amide bonds. The first-order chi connectivity index (χ1) is 22.6. The van der Waals surface area contributed by atoms with E-state index in [1.807, 2.05) is 0 Å². The highest BCUT2D eigenvalue weighted by molar-refractivity contribution is 5.54. The molecule has 0 saturated heterocycles. The van der Waals surface area contributed by atoms with E-state index in [9.17, 15) is 0 Å². The average Bonchev–Trinajstić information content (AvgIpc) is 3.13. The summed E-state index contributed by atoms with van der Waals surface area (Å²) >= 11 is 0. The van der Waals surface area contributed by atoms with Crippen LogP contribution in [0.25, 0.3) is 0 Å². The molecule has 0 atom stereocenters. The summed E-state index contributed by atoms with van der Waals surface area (Å²) in [6.45, 7) is 8.15. The van der Waals surface area contributed by atoms with Gasteiger partial charge in [-0.3, -0.25) is 0 Å². The highest BCUT2D eigenvalue weighted by Gasteiger charge is 2.27. The molecule has 0 heterocycles. The maximum Gasteiger partial charge on any atom is 0.0433 e. The zero-order valence-electron chi connectivity index (χ0n) is 27.1. The molecule has 0 aliphatic carbocycles. The Morgan fingerprint density at radius 3 is 0.870 bits per heavy atom. The fourth-order valence-electron chi connectivity index (χ4n) is 6.35. The van der Waals surface area contributed by atoms with Crippen LogP contribution in [0.4, 0.5) is 11.4 Å². The van der Waals surface area contributed by atoms with E-state index >= 15 is 0 Å². The van der Waals surface area contributed by atoms with Crippen LogP contribution in [0.5, 0.6) is 0 Å². The molecule has 0 aliphatic rings. The van der Waals surface area contributed by atoms with E-state index < -0.39 is 0 Å². The first kappa shape index (κ1) is 30.9. The Bertz CT molecular complexity index is 1530. The Balaban J connectivity index is 1.25. The summed E-state index contributed by atoms with van der Waals surface area (Å²) in [5.74, 6) is 0. The molecule has 46 heavy (non-hydrogen) atoms. The predicted molar refractivity (Wildman–Crippen MR) is 195 cm³/mol. The SMILES string of the molecule is CCC(C)(c1ccc(N(Cc2ccccc2)Cc2ccccc2)cc1)c1ccc(N(Cc2ccccc2)Cc2ccccc2)cc1. The Morgan fingerprint density at radius 2 is 0.630 bits per heavy atom. The van der Waals surface area contributed by atoms with E-state index in [4.69, 9.17) is 0 Å². The fraction of sp³-hybridized carbons (Fsp3) is 0.182. The molecule has 2 heteroatoms. The molecule has 0 fully saturated rings. The van der Waals surface area contributed by atoms with Gasteiger partial charge in [0.25, 0.3) is 0 Å². The normalized spacial score (nSPS) is 11.3. The van der Waals surface area contributed by atoms with Crippen molar-refractivity contribution in [3.63, 3.8) is 0 Å². The second kappa shape index (κ2) is 14.8. The Kier molecular flexibility index (Phi) is 9.95. The lowest BCUT2D eigenvalue weighted by atomic mass is 9.74. The quantitative estimate of drug-likeness (QED) is 0.130. The van der Waals surface area contributed by atoms with Crippen LogP contribution in [-0.4, -0.2) is 0 Å². The van der Waals surface area contributed by atoms with Gasteiger partial charge in [0, 0.05) is 43.0 Å². The molecule has 0 radical (unpaired) electrons. The van der Waals surface area contributed by atoms with Crippen molar-refractivity contribution in [3.8, 4) is 0 Å². The Hall–Kier alpha value is -5.08. The molecule has 0 N–H and O–H groups in total. The summed E-state index contributed by atoms with van der Waals surface area (Å²) in [5, 5.41) is 0. The average molecular weight is 601 g/mol. The van der Waals surface area contributed by atoms with Crippen LogP contribution in [0.2, 0.25) is 0 Å². The third-order valence-electron chi connectivity index (χ3n) is 9.31. The van der Waals surface area contributed by atoms with Crippen molar-refractivity contribution in [2.75, 3.05) is 9.80 Å². The van der Waals surface area contributed by atoms with Gasteiger partial charge in [0.2, 0.25) is 0 Å². The molecule has 0 aromatic heterocycles. The zero-order chi connectivity index (χ0) is 31.6. The van der Waals surface area contributed by atoms with Crippen LogP contribution in [0.3, 0.4) is 0 Å². The summed E-state index contributed by atoms with van der Waals surface area (Å²) in [6, 6.07) is 61.6. The summed E-state index contributed by atoms with van der Waals surface area (Å²) in [7, 11) is 0. The maximum atomic E-state index is 2.47. The van der Waals surface area contributed by atoms with Gasteiger partial charge in [-0.1, -0.05) is 159 Å². The summed E-state index contributed by atoms with van der Waals surface area (Å²) < 4.78 is 0. The monoisotopic (exact) mass is 600 g/mol. The van der Waals surface area contributed by atoms with Crippen molar-refractivity contribution in [2.45, 2.75) is 51.9 Å². The van der Waals surface area contributed by atoms with Crippen LogP contribution >= 0.6 is 0 Å². The van der Waals surface area contributed by atoms with E-state index in [-0.39, 0.29) is 5.41 Å². The molecule has 0 bridgehead atoms. The number of hydrogen-bond acceptors (Lipinski definition) is 2. The van der Waals surface area contributed by atoms with Crippen LogP contribution in [0, 0.1) is 0 Å². The lowest BCUT2D eigenvalue weighted by molar-refractivity contribution is 0.549. The van der Waals surface area contributed by atoms with Gasteiger partial charge in [0.15, 0.2) is 0 Å². The van der Waals surface area contributed by atoms with Gasteiger partial charge in [0.1, 0.15) is 0 Å². The highest BCUT2D eigenvalue weighted by atomic mass is 15.1. The lowest BCUT2D eigenvalue weighted by Gasteiger charge is -2.32. The third kappa shape index (κ3) is 7.58. The number of anilines is 2. The smallest absolute Gasteiger partial charge is 0.0433 e. The van der Waals surface area contributed by atoms with Crippen molar-refractivity contribution >= 4 is 11.4 Å². The second-order valence-corrected chi connectivity index (χ2v) is 12.4. The molecular weight excluding hydrogens is 556 g/mol. The molecule has 0 unspecified atom stereocenters. The Labute approximate surface area is 275 Å². The highest BCUT2D eigenvalue weighted by Crippen LogP contribution is 2.37. The van der Waals surface area contributed by atoms with Gasteiger partial charge >= 0.3 is 0 Å². The van der Waals surface area contributed by atoms with Crippen molar-refractivity contribution in [1.29, 1.82) is 0 Å². The minimum atomic E-state index is -0.0928. The van der Waals surface area contributed by atoms with E-state index in [0.717, 1.165) is 32.6 Å².